The molecule has 23 heavy (non-hydrogen) atoms. The number of pyridine rings is 1. The first-order valence-electron chi connectivity index (χ1n) is 8.27. The molecule has 1 fully saturated rings. The van der Waals surface area contributed by atoms with E-state index in [4.69, 9.17) is 0 Å². The number of nitrogens with zero attached hydrogens (tertiary/aromatic N) is 3. The molecule has 1 aliphatic heterocycles. The standard InChI is InChI=1S/C17H24N4OS/c1-2-17-20-14(12-23-17)9-18-16-4-3-15(10-19-16)21-7-5-13(11-22)6-8-21/h3-4,10,12-13,22H,2,5-9,11H2,1H3,(H,18,19). The Bertz CT molecular complexity index is 605. The van der Waals surface area contributed by atoms with Gasteiger partial charge in [0, 0.05) is 25.1 Å². The molecular weight excluding hydrogens is 308 g/mol. The molecule has 0 atom stereocenters. The largest absolute Gasteiger partial charge is 0.396 e. The molecular formula is C17H24N4OS. The van der Waals surface area contributed by atoms with Gasteiger partial charge in [0.15, 0.2) is 0 Å². The molecule has 0 amide bonds. The minimum Gasteiger partial charge on any atom is -0.396 e. The van der Waals surface area contributed by atoms with E-state index in [9.17, 15) is 5.11 Å². The molecule has 5 nitrogen and oxygen atoms in total. The summed E-state index contributed by atoms with van der Waals surface area (Å²) < 4.78 is 0. The van der Waals surface area contributed by atoms with Crippen molar-refractivity contribution in [2.24, 2.45) is 5.92 Å². The van der Waals surface area contributed by atoms with Crippen molar-refractivity contribution in [1.29, 1.82) is 0 Å². The molecule has 0 saturated carbocycles. The predicted octanol–water partition coefficient (Wildman–Crippen LogP) is 2.92. The molecule has 6 heteroatoms. The van der Waals surface area contributed by atoms with Gasteiger partial charge in [0.25, 0.3) is 0 Å². The van der Waals surface area contributed by atoms with Gasteiger partial charge in [-0.05, 0) is 37.3 Å². The van der Waals surface area contributed by atoms with E-state index in [1.165, 1.54) is 5.01 Å². The van der Waals surface area contributed by atoms with Gasteiger partial charge in [-0.25, -0.2) is 9.97 Å². The van der Waals surface area contributed by atoms with Crippen molar-refractivity contribution in [1.82, 2.24) is 9.97 Å². The number of aliphatic hydroxyl groups excluding tert-OH is 1. The molecule has 2 aromatic rings. The van der Waals surface area contributed by atoms with Gasteiger partial charge >= 0.3 is 0 Å². The molecule has 1 saturated heterocycles. The third-order valence-electron chi connectivity index (χ3n) is 4.34. The van der Waals surface area contributed by atoms with Gasteiger partial charge in [0.1, 0.15) is 5.82 Å². The van der Waals surface area contributed by atoms with Gasteiger partial charge in [0.2, 0.25) is 0 Å². The van der Waals surface area contributed by atoms with E-state index in [0.29, 0.717) is 19.1 Å². The molecule has 124 valence electrons. The second kappa shape index (κ2) is 7.75. The van der Waals surface area contributed by atoms with Crippen LogP contribution in [0.15, 0.2) is 23.7 Å². The van der Waals surface area contributed by atoms with Crippen LogP contribution in [0.1, 0.15) is 30.5 Å². The SMILES string of the molecule is CCc1nc(CNc2ccc(N3CCC(CO)CC3)cn2)cs1. The number of rotatable bonds is 6. The first-order chi connectivity index (χ1) is 11.3. The fraction of sp³-hybridized carbons (Fsp3) is 0.529. The monoisotopic (exact) mass is 332 g/mol. The van der Waals surface area contributed by atoms with Crippen molar-refractivity contribution in [2.45, 2.75) is 32.7 Å². The van der Waals surface area contributed by atoms with Crippen LogP contribution < -0.4 is 10.2 Å². The van der Waals surface area contributed by atoms with Crippen LogP contribution in [0.2, 0.25) is 0 Å². The van der Waals surface area contributed by atoms with Crippen molar-refractivity contribution < 1.29 is 5.11 Å². The summed E-state index contributed by atoms with van der Waals surface area (Å²) in [7, 11) is 0. The number of hydrogen-bond acceptors (Lipinski definition) is 6. The van der Waals surface area contributed by atoms with Crippen LogP contribution in [0.3, 0.4) is 0 Å². The maximum Gasteiger partial charge on any atom is 0.126 e. The Kier molecular flexibility index (Phi) is 5.46. The first-order valence-corrected chi connectivity index (χ1v) is 9.15. The Balaban J connectivity index is 1.52. The molecule has 2 aromatic heterocycles. The lowest BCUT2D eigenvalue weighted by atomic mass is 9.98. The molecule has 0 spiro atoms. The van der Waals surface area contributed by atoms with Crippen molar-refractivity contribution >= 4 is 22.8 Å². The first kappa shape index (κ1) is 16.2. The van der Waals surface area contributed by atoms with Gasteiger partial charge in [-0.1, -0.05) is 6.92 Å². The van der Waals surface area contributed by atoms with E-state index in [1.807, 2.05) is 12.3 Å². The molecule has 3 heterocycles. The molecule has 3 rings (SSSR count). The second-order valence-corrected chi connectivity index (χ2v) is 6.90. The highest BCUT2D eigenvalue weighted by Gasteiger charge is 2.18. The zero-order chi connectivity index (χ0) is 16.1. The van der Waals surface area contributed by atoms with E-state index in [-0.39, 0.29) is 0 Å². The number of thiazole rings is 1. The van der Waals surface area contributed by atoms with E-state index < -0.39 is 0 Å². The Morgan fingerprint density at radius 2 is 2.17 bits per heavy atom. The fourth-order valence-electron chi connectivity index (χ4n) is 2.83. The summed E-state index contributed by atoms with van der Waals surface area (Å²) in [5.41, 5.74) is 2.23. The zero-order valence-electron chi connectivity index (χ0n) is 13.5. The molecule has 0 aromatic carbocycles. The molecule has 0 unspecified atom stereocenters. The molecule has 0 aliphatic carbocycles. The number of piperidine rings is 1. The zero-order valence-corrected chi connectivity index (χ0v) is 14.4. The summed E-state index contributed by atoms with van der Waals surface area (Å²) in [6.45, 7) is 5.15. The Morgan fingerprint density at radius 3 is 2.78 bits per heavy atom. The highest BCUT2D eigenvalue weighted by atomic mass is 32.1. The van der Waals surface area contributed by atoms with Crippen LogP contribution in [0, 0.1) is 5.92 Å². The van der Waals surface area contributed by atoms with Crippen molar-refractivity contribution in [3.8, 4) is 0 Å². The number of anilines is 2. The number of nitrogens with one attached hydrogen (secondary N) is 1. The Labute approximate surface area is 141 Å². The number of aliphatic hydroxyl groups is 1. The predicted molar refractivity (Wildman–Crippen MR) is 95.1 cm³/mol. The lowest BCUT2D eigenvalue weighted by molar-refractivity contribution is 0.203. The lowest BCUT2D eigenvalue weighted by Crippen LogP contribution is -2.34. The summed E-state index contributed by atoms with van der Waals surface area (Å²) in [6, 6.07) is 4.15. The topological polar surface area (TPSA) is 61.3 Å². The maximum atomic E-state index is 9.21. The smallest absolute Gasteiger partial charge is 0.126 e. The molecule has 1 aliphatic rings. The minimum atomic E-state index is 0.311. The third kappa shape index (κ3) is 4.20. The Hall–Kier alpha value is -1.66. The average molecular weight is 332 g/mol. The van der Waals surface area contributed by atoms with E-state index in [1.54, 1.807) is 11.3 Å². The molecule has 0 radical (unpaired) electrons. The van der Waals surface area contributed by atoms with Crippen molar-refractivity contribution in [2.75, 3.05) is 29.9 Å². The summed E-state index contributed by atoms with van der Waals surface area (Å²) in [4.78, 5) is 11.4. The highest BCUT2D eigenvalue weighted by molar-refractivity contribution is 7.09. The fourth-order valence-corrected chi connectivity index (χ4v) is 3.57. The van der Waals surface area contributed by atoms with Crippen LogP contribution in [-0.4, -0.2) is 34.8 Å². The van der Waals surface area contributed by atoms with E-state index >= 15 is 0 Å². The van der Waals surface area contributed by atoms with Crippen LogP contribution in [-0.2, 0) is 13.0 Å². The van der Waals surface area contributed by atoms with Gasteiger partial charge in [-0.3, -0.25) is 0 Å². The Morgan fingerprint density at radius 1 is 1.35 bits per heavy atom. The number of hydrogen-bond donors (Lipinski definition) is 2. The van der Waals surface area contributed by atoms with Crippen LogP contribution in [0.4, 0.5) is 11.5 Å². The summed E-state index contributed by atoms with van der Waals surface area (Å²) >= 11 is 1.71. The summed E-state index contributed by atoms with van der Waals surface area (Å²) in [5, 5.41) is 15.8. The normalized spacial score (nSPS) is 15.8. The van der Waals surface area contributed by atoms with Gasteiger partial charge in [-0.15, -0.1) is 11.3 Å². The van der Waals surface area contributed by atoms with Crippen molar-refractivity contribution in [3.05, 3.63) is 34.4 Å². The molecule has 2 N–H and O–H groups in total. The minimum absolute atomic E-state index is 0.311. The van der Waals surface area contributed by atoms with Gasteiger partial charge in [0.05, 0.1) is 29.1 Å². The number of aromatic nitrogens is 2. The lowest BCUT2D eigenvalue weighted by Gasteiger charge is -2.32. The maximum absolute atomic E-state index is 9.21. The van der Waals surface area contributed by atoms with Crippen LogP contribution >= 0.6 is 11.3 Å². The quantitative estimate of drug-likeness (QED) is 0.852. The summed E-state index contributed by atoms with van der Waals surface area (Å²) in [5.74, 6) is 1.34. The second-order valence-electron chi connectivity index (χ2n) is 5.95. The highest BCUT2D eigenvalue weighted by Crippen LogP contribution is 2.23. The average Bonchev–Trinajstić information content (AvgIpc) is 3.09. The van der Waals surface area contributed by atoms with Crippen LogP contribution in [0.5, 0.6) is 0 Å². The van der Waals surface area contributed by atoms with Crippen LogP contribution in [0.25, 0.3) is 0 Å². The van der Waals surface area contributed by atoms with Crippen molar-refractivity contribution in [3.63, 3.8) is 0 Å². The third-order valence-corrected chi connectivity index (χ3v) is 5.38. The van der Waals surface area contributed by atoms with Gasteiger partial charge < -0.3 is 15.3 Å². The summed E-state index contributed by atoms with van der Waals surface area (Å²) in [6.07, 6.45) is 5.03. The van der Waals surface area contributed by atoms with Gasteiger partial charge in [-0.2, -0.15) is 0 Å². The number of aryl methyl sites for hydroxylation is 1. The molecule has 0 bridgehead atoms. The van der Waals surface area contributed by atoms with E-state index in [0.717, 1.165) is 49.6 Å². The van der Waals surface area contributed by atoms with E-state index in [2.05, 4.69) is 38.6 Å².